The topological polar surface area (TPSA) is 12.0 Å². The first-order valence-electron chi connectivity index (χ1n) is 7.22. The van der Waals surface area contributed by atoms with Crippen molar-refractivity contribution < 1.29 is 0 Å². The number of rotatable bonds is 2. The molecule has 19 heavy (non-hydrogen) atoms. The first-order valence-corrected chi connectivity index (χ1v) is 7.22. The van der Waals surface area contributed by atoms with Crippen molar-refractivity contribution in [2.75, 3.05) is 5.32 Å². The minimum Gasteiger partial charge on any atom is -0.382 e. The Hall–Kier alpha value is -1.76. The van der Waals surface area contributed by atoms with E-state index in [2.05, 4.69) is 67.7 Å². The number of hydrogen-bond donors (Lipinski definition) is 1. The molecule has 98 valence electrons. The third-order valence-electron chi connectivity index (χ3n) is 4.09. The van der Waals surface area contributed by atoms with Crippen LogP contribution in [-0.4, -0.2) is 6.04 Å². The lowest BCUT2D eigenvalue weighted by atomic mass is 9.82. The van der Waals surface area contributed by atoms with Gasteiger partial charge >= 0.3 is 0 Å². The van der Waals surface area contributed by atoms with Gasteiger partial charge in [0.2, 0.25) is 0 Å². The van der Waals surface area contributed by atoms with E-state index in [1.807, 2.05) is 0 Å². The summed E-state index contributed by atoms with van der Waals surface area (Å²) in [6.45, 7) is 4.49. The van der Waals surface area contributed by atoms with Gasteiger partial charge in [0.1, 0.15) is 0 Å². The zero-order chi connectivity index (χ0) is 13.2. The van der Waals surface area contributed by atoms with Crippen molar-refractivity contribution in [1.82, 2.24) is 0 Å². The van der Waals surface area contributed by atoms with Crippen molar-refractivity contribution in [2.45, 2.75) is 38.6 Å². The van der Waals surface area contributed by atoms with Gasteiger partial charge in [0.25, 0.3) is 0 Å². The second-order valence-electron chi connectivity index (χ2n) is 5.52. The number of hydrogen-bond acceptors (Lipinski definition) is 1. The van der Waals surface area contributed by atoms with Crippen LogP contribution in [0.3, 0.4) is 0 Å². The van der Waals surface area contributed by atoms with Crippen molar-refractivity contribution >= 4 is 5.69 Å². The van der Waals surface area contributed by atoms with Crippen LogP contribution in [0.2, 0.25) is 0 Å². The number of aryl methyl sites for hydroxylation is 1. The van der Waals surface area contributed by atoms with Gasteiger partial charge in [-0.1, -0.05) is 49.4 Å². The highest BCUT2D eigenvalue weighted by Gasteiger charge is 2.25. The maximum absolute atomic E-state index is 3.59. The SMILES string of the molecule is CCc1cccc(C2CC(C)Nc3ccccc32)c1. The fraction of sp³-hybridized carbons (Fsp3) is 0.333. The van der Waals surface area contributed by atoms with Crippen LogP contribution in [0.15, 0.2) is 48.5 Å². The van der Waals surface area contributed by atoms with Gasteiger partial charge in [0.05, 0.1) is 0 Å². The van der Waals surface area contributed by atoms with Crippen molar-refractivity contribution in [1.29, 1.82) is 0 Å². The molecule has 0 spiro atoms. The molecule has 1 heteroatoms. The molecule has 0 aliphatic carbocycles. The molecule has 2 atom stereocenters. The minimum atomic E-state index is 0.527. The molecular weight excluding hydrogens is 230 g/mol. The normalized spacial score (nSPS) is 21.6. The van der Waals surface area contributed by atoms with E-state index in [4.69, 9.17) is 0 Å². The molecule has 0 radical (unpaired) electrons. The molecule has 1 nitrogen and oxygen atoms in total. The van der Waals surface area contributed by atoms with E-state index in [9.17, 15) is 0 Å². The first-order chi connectivity index (χ1) is 9.28. The smallest absolute Gasteiger partial charge is 0.0381 e. The van der Waals surface area contributed by atoms with Gasteiger partial charge in [-0.2, -0.15) is 0 Å². The number of benzene rings is 2. The largest absolute Gasteiger partial charge is 0.382 e. The second-order valence-corrected chi connectivity index (χ2v) is 5.52. The van der Waals surface area contributed by atoms with E-state index in [-0.39, 0.29) is 0 Å². The summed E-state index contributed by atoms with van der Waals surface area (Å²) < 4.78 is 0. The average molecular weight is 251 g/mol. The number of nitrogens with one attached hydrogen (secondary N) is 1. The average Bonchev–Trinajstić information content (AvgIpc) is 2.46. The van der Waals surface area contributed by atoms with Gasteiger partial charge in [-0.3, -0.25) is 0 Å². The van der Waals surface area contributed by atoms with E-state index in [0.717, 1.165) is 6.42 Å². The molecule has 0 saturated carbocycles. The van der Waals surface area contributed by atoms with Crippen LogP contribution in [0.5, 0.6) is 0 Å². The molecule has 0 aromatic heterocycles. The number of fused-ring (bicyclic) bond motifs is 1. The summed E-state index contributed by atoms with van der Waals surface area (Å²) >= 11 is 0. The highest BCUT2D eigenvalue weighted by Crippen LogP contribution is 2.38. The minimum absolute atomic E-state index is 0.527. The Morgan fingerprint density at radius 1 is 1.11 bits per heavy atom. The lowest BCUT2D eigenvalue weighted by Gasteiger charge is -2.32. The fourth-order valence-corrected chi connectivity index (χ4v) is 3.08. The Kier molecular flexibility index (Phi) is 3.29. The molecule has 0 amide bonds. The van der Waals surface area contributed by atoms with E-state index in [0.29, 0.717) is 12.0 Å². The molecule has 2 unspecified atom stereocenters. The Morgan fingerprint density at radius 3 is 2.79 bits per heavy atom. The summed E-state index contributed by atoms with van der Waals surface area (Å²) in [6, 6.07) is 18.3. The van der Waals surface area contributed by atoms with Crippen LogP contribution in [0.25, 0.3) is 0 Å². The van der Waals surface area contributed by atoms with Crippen LogP contribution in [0.4, 0.5) is 5.69 Å². The van der Waals surface area contributed by atoms with Crippen molar-refractivity contribution in [2.24, 2.45) is 0 Å². The molecule has 3 rings (SSSR count). The van der Waals surface area contributed by atoms with E-state index in [1.165, 1.54) is 28.8 Å². The predicted octanol–water partition coefficient (Wildman–Crippen LogP) is 4.59. The Balaban J connectivity index is 2.04. The zero-order valence-electron chi connectivity index (χ0n) is 11.7. The second kappa shape index (κ2) is 5.08. The fourth-order valence-electron chi connectivity index (χ4n) is 3.08. The van der Waals surface area contributed by atoms with Crippen molar-refractivity contribution in [3.63, 3.8) is 0 Å². The van der Waals surface area contributed by atoms with Gasteiger partial charge in [-0.15, -0.1) is 0 Å². The monoisotopic (exact) mass is 251 g/mol. The summed E-state index contributed by atoms with van der Waals surface area (Å²) in [5.41, 5.74) is 5.63. The molecule has 0 fully saturated rings. The molecule has 0 bridgehead atoms. The quantitative estimate of drug-likeness (QED) is 0.823. The predicted molar refractivity (Wildman–Crippen MR) is 81.8 cm³/mol. The van der Waals surface area contributed by atoms with Crippen LogP contribution < -0.4 is 5.32 Å². The molecule has 1 N–H and O–H groups in total. The van der Waals surface area contributed by atoms with Crippen LogP contribution in [0, 0.1) is 0 Å². The van der Waals surface area contributed by atoms with Gasteiger partial charge in [-0.05, 0) is 42.5 Å². The summed E-state index contributed by atoms with van der Waals surface area (Å²) in [6.07, 6.45) is 2.28. The third-order valence-corrected chi connectivity index (χ3v) is 4.09. The number of anilines is 1. The molecule has 2 aromatic rings. The number of para-hydroxylation sites is 1. The van der Waals surface area contributed by atoms with E-state index < -0.39 is 0 Å². The van der Waals surface area contributed by atoms with E-state index >= 15 is 0 Å². The summed E-state index contributed by atoms with van der Waals surface area (Å²) in [5, 5.41) is 3.59. The third kappa shape index (κ3) is 2.37. The highest BCUT2D eigenvalue weighted by molar-refractivity contribution is 5.58. The first kappa shape index (κ1) is 12.3. The Labute approximate surface area is 115 Å². The Morgan fingerprint density at radius 2 is 1.95 bits per heavy atom. The standard InChI is InChI=1S/C18H21N/c1-3-14-7-6-8-15(12-14)17-11-13(2)19-18-10-5-4-9-16(17)18/h4-10,12-13,17,19H,3,11H2,1-2H3. The van der Waals surface area contributed by atoms with Gasteiger partial charge < -0.3 is 5.32 Å². The zero-order valence-corrected chi connectivity index (χ0v) is 11.7. The van der Waals surface area contributed by atoms with Crippen LogP contribution >= 0.6 is 0 Å². The van der Waals surface area contributed by atoms with Crippen molar-refractivity contribution in [3.8, 4) is 0 Å². The maximum Gasteiger partial charge on any atom is 0.0381 e. The van der Waals surface area contributed by atoms with Crippen LogP contribution in [0.1, 0.15) is 42.9 Å². The summed E-state index contributed by atoms with van der Waals surface area (Å²) in [7, 11) is 0. The lowest BCUT2D eigenvalue weighted by Crippen LogP contribution is -2.25. The van der Waals surface area contributed by atoms with E-state index in [1.54, 1.807) is 0 Å². The lowest BCUT2D eigenvalue weighted by molar-refractivity contribution is 0.614. The van der Waals surface area contributed by atoms with Crippen molar-refractivity contribution in [3.05, 3.63) is 65.2 Å². The molecule has 1 aliphatic rings. The summed E-state index contributed by atoms with van der Waals surface area (Å²) in [4.78, 5) is 0. The van der Waals surface area contributed by atoms with Gasteiger partial charge in [0.15, 0.2) is 0 Å². The molecular formula is C18H21N. The summed E-state index contributed by atoms with van der Waals surface area (Å²) in [5.74, 6) is 0.527. The van der Waals surface area contributed by atoms with Crippen LogP contribution in [-0.2, 0) is 6.42 Å². The molecule has 1 heterocycles. The Bertz CT molecular complexity index is 573. The highest BCUT2D eigenvalue weighted by atomic mass is 14.9. The molecule has 0 saturated heterocycles. The van der Waals surface area contributed by atoms with Gasteiger partial charge in [0, 0.05) is 17.6 Å². The molecule has 1 aliphatic heterocycles. The molecule has 2 aromatic carbocycles. The maximum atomic E-state index is 3.59. The van der Waals surface area contributed by atoms with Gasteiger partial charge in [-0.25, -0.2) is 0 Å².